The molecule has 2 unspecified atom stereocenters. The van der Waals surface area contributed by atoms with E-state index in [2.05, 4.69) is 31.9 Å². The lowest BCUT2D eigenvalue weighted by Gasteiger charge is -2.36. The molecule has 0 spiro atoms. The second kappa shape index (κ2) is 19.9. The van der Waals surface area contributed by atoms with Crippen LogP contribution in [0.25, 0.3) is 0 Å². The maximum Gasteiger partial charge on any atom is 0.316 e. The first kappa shape index (κ1) is 41.3. The fourth-order valence-electron chi connectivity index (χ4n) is 4.90. The minimum Gasteiger partial charge on any atom is -0.394 e. The smallest absolute Gasteiger partial charge is 0.316 e. The summed E-state index contributed by atoms with van der Waals surface area (Å²) in [5, 5.41) is 55.6. The summed E-state index contributed by atoms with van der Waals surface area (Å²) in [6.45, 7) is -2.61. The molecule has 2 saturated heterocycles. The van der Waals surface area contributed by atoms with Crippen molar-refractivity contribution < 1.29 is 53.7 Å². The van der Waals surface area contributed by atoms with Crippen molar-refractivity contribution in [2.24, 2.45) is 23.1 Å². The normalized spacial score (nSPS) is 28.8. The van der Waals surface area contributed by atoms with Crippen molar-refractivity contribution in [1.82, 2.24) is 42.5 Å². The van der Waals surface area contributed by atoms with E-state index in [4.69, 9.17) is 22.6 Å². The minimum atomic E-state index is -2.04. The number of ketones is 2. The van der Waals surface area contributed by atoms with Crippen LogP contribution in [0.5, 0.6) is 0 Å². The molecule has 2 fully saturated rings. The van der Waals surface area contributed by atoms with Crippen molar-refractivity contribution in [2.45, 2.75) is 68.3 Å². The molecule has 2 aliphatic rings. The van der Waals surface area contributed by atoms with Crippen molar-refractivity contribution in [3.05, 3.63) is 11.9 Å². The van der Waals surface area contributed by atoms with E-state index in [1.165, 1.54) is 0 Å². The molecular weight excluding hydrogens is 668 g/mol. The number of aliphatic hydroxyl groups is 3. The number of carbonyl (C=O) groups excluding carboxylic acids is 8. The number of aliphatic hydroxyl groups excluding tert-OH is 3. The van der Waals surface area contributed by atoms with Gasteiger partial charge in [0, 0.05) is 43.9 Å². The SMILES string of the molecule is N=CC1N[C@@H](O)C[C@H]([C@H]2C(=O)NCC(NC(=O)C[C@@H](N)CCCN)C(=O)N[C@@H](CO)C(=O)N[C@@H](CO)C(=O)N/C(=C\NC(N)=O)C(=O)C2=O)N1. The second-order valence-electron chi connectivity index (χ2n) is 11.3. The fraction of sp³-hybridized carbons (Fsp3) is 0.593. The molecule has 278 valence electrons. The monoisotopic (exact) mass is 712 g/mol. The molecule has 23 nitrogen and oxygen atoms in total. The summed E-state index contributed by atoms with van der Waals surface area (Å²) < 4.78 is 0. The van der Waals surface area contributed by atoms with E-state index in [9.17, 15) is 53.7 Å². The van der Waals surface area contributed by atoms with E-state index in [0.29, 0.717) is 25.6 Å². The molecule has 2 rings (SSSR count). The van der Waals surface area contributed by atoms with Crippen LogP contribution >= 0.6 is 0 Å². The quantitative estimate of drug-likeness (QED) is 0.0409. The Balaban J connectivity index is 2.62. The number of nitrogens with two attached hydrogens (primary N) is 3. The van der Waals surface area contributed by atoms with Gasteiger partial charge in [0.1, 0.15) is 36.0 Å². The molecular formula is C27H44N12O11. The van der Waals surface area contributed by atoms with Gasteiger partial charge in [-0.15, -0.1) is 0 Å². The van der Waals surface area contributed by atoms with E-state index >= 15 is 0 Å². The van der Waals surface area contributed by atoms with Crippen LogP contribution in [0.3, 0.4) is 0 Å². The maximum atomic E-state index is 13.8. The molecule has 0 aromatic rings. The van der Waals surface area contributed by atoms with Gasteiger partial charge < -0.3 is 69.8 Å². The highest BCUT2D eigenvalue weighted by molar-refractivity contribution is 6.47. The second-order valence-corrected chi connectivity index (χ2v) is 11.3. The zero-order valence-electron chi connectivity index (χ0n) is 26.8. The van der Waals surface area contributed by atoms with Gasteiger partial charge in [-0.1, -0.05) is 0 Å². The van der Waals surface area contributed by atoms with E-state index in [-0.39, 0.29) is 12.8 Å². The van der Waals surface area contributed by atoms with Gasteiger partial charge in [-0.25, -0.2) is 4.79 Å². The van der Waals surface area contributed by atoms with Crippen molar-refractivity contribution in [3.63, 3.8) is 0 Å². The number of nitrogens with one attached hydrogen (secondary N) is 9. The van der Waals surface area contributed by atoms with Crippen LogP contribution in [0, 0.1) is 11.3 Å². The lowest BCUT2D eigenvalue weighted by atomic mass is 9.87. The van der Waals surface area contributed by atoms with Gasteiger partial charge in [0.15, 0.2) is 0 Å². The Morgan fingerprint density at radius 3 is 2.22 bits per heavy atom. The molecule has 50 heavy (non-hydrogen) atoms. The van der Waals surface area contributed by atoms with Crippen molar-refractivity contribution in [2.75, 3.05) is 26.3 Å². The minimum absolute atomic E-state index is 0.291. The summed E-state index contributed by atoms with van der Waals surface area (Å²) in [5.74, 6) is -10.8. The van der Waals surface area contributed by atoms with Crippen LogP contribution < -0.4 is 59.7 Å². The number of rotatable bonds is 11. The van der Waals surface area contributed by atoms with Crippen LogP contribution in [0.4, 0.5) is 4.79 Å². The molecule has 2 aliphatic heterocycles. The van der Waals surface area contributed by atoms with Gasteiger partial charge in [-0.2, -0.15) is 0 Å². The molecule has 0 saturated carbocycles. The molecule has 0 aromatic carbocycles. The predicted molar refractivity (Wildman–Crippen MR) is 170 cm³/mol. The Morgan fingerprint density at radius 2 is 1.62 bits per heavy atom. The number of urea groups is 1. The Labute approximate surface area is 284 Å². The van der Waals surface area contributed by atoms with Crippen LogP contribution in [-0.4, -0.2) is 138 Å². The number of hydrogen-bond acceptors (Lipinski definition) is 16. The maximum absolute atomic E-state index is 13.8. The lowest BCUT2D eigenvalue weighted by molar-refractivity contribution is -0.144. The Hall–Kier alpha value is -4.91. The average Bonchev–Trinajstić information content (AvgIpc) is 3.07. The standard InChI is InChI=1S/C27H44N12O11/c28-3-1-2-11(30)4-18(42)35-14-8-32-26(49)20(12-5-19(43)39-17(6-29)34-12)22(45)21(44)13(7-33-27(31)50)36-24(47)15(9-40)38-25(48)16(10-41)37-23(14)46/h6-7,11-12,14-17,19-20,29,34,39-41,43H,1-5,8-10,28,30H2,(H,32,49)(H,35,42)(H,36,47)(H,37,46)(H,38,48)(H3,31,33,50)/b13-7-,29-6?/t11-,12+,14?,15-,16-,17?,19-,20+/m0/s1. The summed E-state index contributed by atoms with van der Waals surface area (Å²) in [6, 6.07) is -8.60. The van der Waals surface area contributed by atoms with Gasteiger partial charge in [-0.3, -0.25) is 44.2 Å². The average molecular weight is 713 g/mol. The summed E-state index contributed by atoms with van der Waals surface area (Å²) in [4.78, 5) is 105. The van der Waals surface area contributed by atoms with Crippen molar-refractivity contribution in [3.8, 4) is 0 Å². The fourth-order valence-corrected chi connectivity index (χ4v) is 4.90. The van der Waals surface area contributed by atoms with Gasteiger partial charge >= 0.3 is 6.03 Å². The van der Waals surface area contributed by atoms with E-state index in [0.717, 1.165) is 6.21 Å². The highest BCUT2D eigenvalue weighted by Gasteiger charge is 2.43. The third kappa shape index (κ3) is 12.2. The van der Waals surface area contributed by atoms with Crippen LogP contribution in [0.1, 0.15) is 25.7 Å². The van der Waals surface area contributed by atoms with Crippen LogP contribution in [-0.2, 0) is 33.6 Å². The molecule has 0 aliphatic carbocycles. The molecule has 18 N–H and O–H groups in total. The van der Waals surface area contributed by atoms with Crippen molar-refractivity contribution >= 4 is 53.3 Å². The molecule has 0 radical (unpaired) electrons. The predicted octanol–water partition coefficient (Wildman–Crippen LogP) is -8.36. The first-order valence-corrected chi connectivity index (χ1v) is 15.4. The van der Waals surface area contributed by atoms with Gasteiger partial charge in [0.2, 0.25) is 41.1 Å². The molecule has 8 atom stereocenters. The number of Topliss-reactive ketones (excluding diaryl/α,β-unsaturated/α-hetero) is 2. The Morgan fingerprint density at radius 1 is 0.980 bits per heavy atom. The largest absolute Gasteiger partial charge is 0.394 e. The van der Waals surface area contributed by atoms with Gasteiger partial charge in [0.25, 0.3) is 0 Å². The summed E-state index contributed by atoms with van der Waals surface area (Å²) in [5.41, 5.74) is 15.5. The van der Waals surface area contributed by atoms with Gasteiger partial charge in [-0.05, 0) is 19.4 Å². The number of amides is 7. The van der Waals surface area contributed by atoms with Gasteiger partial charge in [0.05, 0.1) is 19.4 Å². The third-order valence-corrected chi connectivity index (χ3v) is 7.45. The summed E-state index contributed by atoms with van der Waals surface area (Å²) >= 11 is 0. The number of carbonyl (C=O) groups is 8. The number of hydrogen-bond donors (Lipinski definition) is 15. The number of primary amides is 1. The topological polar surface area (TPSA) is 395 Å². The van der Waals surface area contributed by atoms with E-state index < -0.39 is 121 Å². The molecule has 2 heterocycles. The summed E-state index contributed by atoms with van der Waals surface area (Å²) in [7, 11) is 0. The van der Waals surface area contributed by atoms with E-state index in [1.807, 2.05) is 10.6 Å². The Kier molecular flexibility index (Phi) is 16.4. The molecule has 23 heteroatoms. The van der Waals surface area contributed by atoms with Crippen molar-refractivity contribution in [1.29, 1.82) is 5.41 Å². The summed E-state index contributed by atoms with van der Waals surface area (Å²) in [6.07, 6.45) is -0.967. The Bertz CT molecular complexity index is 1350. The lowest BCUT2D eigenvalue weighted by Crippen LogP contribution is -2.65. The highest BCUT2D eigenvalue weighted by atomic mass is 16.3. The first-order valence-electron chi connectivity index (χ1n) is 15.4. The third-order valence-electron chi connectivity index (χ3n) is 7.45. The van der Waals surface area contributed by atoms with E-state index in [1.54, 1.807) is 0 Å². The van der Waals surface area contributed by atoms with Crippen LogP contribution in [0.2, 0.25) is 0 Å². The van der Waals surface area contributed by atoms with Crippen LogP contribution in [0.15, 0.2) is 11.9 Å². The highest BCUT2D eigenvalue weighted by Crippen LogP contribution is 2.18. The molecule has 7 amide bonds. The zero-order chi connectivity index (χ0) is 37.5. The number of allylic oxidation sites excluding steroid dienone is 1. The first-order chi connectivity index (χ1) is 23.6. The molecule has 0 bridgehead atoms. The molecule has 0 aromatic heterocycles. The zero-order valence-corrected chi connectivity index (χ0v) is 26.8.